The molecule has 0 spiro atoms. The molecule has 0 saturated carbocycles. The van der Waals surface area contributed by atoms with Gasteiger partial charge < -0.3 is 14.7 Å². The van der Waals surface area contributed by atoms with Gasteiger partial charge in [-0.15, -0.1) is 0 Å². The largest absolute Gasteiger partial charge is 0.334 e. The van der Waals surface area contributed by atoms with Crippen LogP contribution in [0.25, 0.3) is 22.8 Å². The molecule has 0 unspecified atom stereocenters. The van der Waals surface area contributed by atoms with E-state index < -0.39 is 5.92 Å². The summed E-state index contributed by atoms with van der Waals surface area (Å²) in [6, 6.07) is 24.5. The van der Waals surface area contributed by atoms with Gasteiger partial charge in [-0.3, -0.25) is 9.59 Å². The SMILES string of the molecule is Cc1cccc(-c2noc(-c3cccc(NC(=O)[C@H]4CC(=O)N(c5ccccc5)C4)c3)n2)c1. The summed E-state index contributed by atoms with van der Waals surface area (Å²) in [5.74, 6) is 0.217. The van der Waals surface area contributed by atoms with Gasteiger partial charge in [0.1, 0.15) is 0 Å². The van der Waals surface area contributed by atoms with Crippen LogP contribution in [0.1, 0.15) is 12.0 Å². The van der Waals surface area contributed by atoms with Gasteiger partial charge in [0.15, 0.2) is 0 Å². The fraction of sp³-hybridized carbons (Fsp3) is 0.154. The highest BCUT2D eigenvalue weighted by atomic mass is 16.5. The maximum Gasteiger partial charge on any atom is 0.258 e. The maximum absolute atomic E-state index is 12.9. The highest BCUT2D eigenvalue weighted by molar-refractivity contribution is 6.03. The summed E-state index contributed by atoms with van der Waals surface area (Å²) >= 11 is 0. The Hall–Kier alpha value is -4.26. The molecule has 4 aromatic rings. The van der Waals surface area contributed by atoms with Crippen molar-refractivity contribution in [2.45, 2.75) is 13.3 Å². The second kappa shape index (κ2) is 8.70. The summed E-state index contributed by atoms with van der Waals surface area (Å²) in [7, 11) is 0. The van der Waals surface area contributed by atoms with Gasteiger partial charge in [0.25, 0.3) is 5.89 Å². The molecule has 33 heavy (non-hydrogen) atoms. The van der Waals surface area contributed by atoms with Gasteiger partial charge in [-0.25, -0.2) is 0 Å². The van der Waals surface area contributed by atoms with E-state index in [2.05, 4.69) is 15.5 Å². The molecular weight excluding hydrogens is 416 g/mol. The van der Waals surface area contributed by atoms with Crippen molar-refractivity contribution in [1.29, 1.82) is 0 Å². The van der Waals surface area contributed by atoms with E-state index in [4.69, 9.17) is 4.52 Å². The Kier molecular flexibility index (Phi) is 5.44. The number of aromatic nitrogens is 2. The fourth-order valence-corrected chi connectivity index (χ4v) is 3.96. The lowest BCUT2D eigenvalue weighted by atomic mass is 10.1. The van der Waals surface area contributed by atoms with Crippen molar-refractivity contribution in [2.75, 3.05) is 16.8 Å². The number of nitrogens with one attached hydrogen (secondary N) is 1. The summed E-state index contributed by atoms with van der Waals surface area (Å²) in [4.78, 5) is 31.5. The first-order valence-corrected chi connectivity index (χ1v) is 10.7. The summed E-state index contributed by atoms with van der Waals surface area (Å²) in [6.45, 7) is 2.37. The summed E-state index contributed by atoms with van der Waals surface area (Å²) in [5, 5.41) is 7.01. The van der Waals surface area contributed by atoms with E-state index in [-0.39, 0.29) is 18.2 Å². The van der Waals surface area contributed by atoms with E-state index in [0.29, 0.717) is 29.5 Å². The molecule has 2 heterocycles. The van der Waals surface area contributed by atoms with Crippen LogP contribution in [0.5, 0.6) is 0 Å². The standard InChI is InChI=1S/C26H22N4O3/c1-17-7-5-8-18(13-17)24-28-26(33-29-24)19-9-6-10-21(14-19)27-25(32)20-15-23(31)30(16-20)22-11-3-2-4-12-22/h2-14,20H,15-16H2,1H3,(H,27,32)/t20-/m0/s1. The molecule has 7 nitrogen and oxygen atoms in total. The van der Waals surface area contributed by atoms with Gasteiger partial charge >= 0.3 is 0 Å². The third kappa shape index (κ3) is 4.39. The Labute approximate surface area is 191 Å². The quantitative estimate of drug-likeness (QED) is 0.488. The zero-order chi connectivity index (χ0) is 22.8. The topological polar surface area (TPSA) is 88.3 Å². The number of carbonyl (C=O) groups excluding carboxylic acids is 2. The van der Waals surface area contributed by atoms with Crippen LogP contribution in [0.3, 0.4) is 0 Å². The molecule has 1 aromatic heterocycles. The van der Waals surface area contributed by atoms with Gasteiger partial charge in [-0.2, -0.15) is 4.98 Å². The lowest BCUT2D eigenvalue weighted by molar-refractivity contribution is -0.122. The normalized spacial score (nSPS) is 15.6. The van der Waals surface area contributed by atoms with E-state index in [1.165, 1.54) is 0 Å². The summed E-state index contributed by atoms with van der Waals surface area (Å²) in [5.41, 5.74) is 4.11. The van der Waals surface area contributed by atoms with Crippen LogP contribution >= 0.6 is 0 Å². The van der Waals surface area contributed by atoms with Crippen molar-refractivity contribution in [1.82, 2.24) is 10.1 Å². The molecule has 164 valence electrons. The molecule has 5 rings (SSSR count). The Morgan fingerprint density at radius 2 is 1.79 bits per heavy atom. The van der Waals surface area contributed by atoms with Crippen LogP contribution in [0, 0.1) is 12.8 Å². The van der Waals surface area contributed by atoms with Crippen molar-refractivity contribution in [3.8, 4) is 22.8 Å². The monoisotopic (exact) mass is 438 g/mol. The summed E-state index contributed by atoms with van der Waals surface area (Å²) < 4.78 is 5.46. The lowest BCUT2D eigenvalue weighted by Gasteiger charge is -2.16. The third-order valence-corrected chi connectivity index (χ3v) is 5.64. The van der Waals surface area contributed by atoms with E-state index in [1.807, 2.05) is 73.7 Å². The number of nitrogens with zero attached hydrogens (tertiary/aromatic N) is 3. The molecule has 1 N–H and O–H groups in total. The van der Waals surface area contributed by atoms with Gasteiger partial charge in [-0.05, 0) is 43.3 Å². The van der Waals surface area contributed by atoms with Crippen molar-refractivity contribution in [3.63, 3.8) is 0 Å². The zero-order valence-electron chi connectivity index (χ0n) is 18.1. The molecule has 0 radical (unpaired) electrons. The molecule has 1 aliphatic heterocycles. The highest BCUT2D eigenvalue weighted by Crippen LogP contribution is 2.28. The predicted molar refractivity (Wildman–Crippen MR) is 125 cm³/mol. The van der Waals surface area contributed by atoms with Crippen LogP contribution < -0.4 is 10.2 Å². The van der Waals surface area contributed by atoms with E-state index >= 15 is 0 Å². The van der Waals surface area contributed by atoms with Crippen LogP contribution in [-0.4, -0.2) is 28.5 Å². The zero-order valence-corrected chi connectivity index (χ0v) is 18.1. The number of benzene rings is 3. The Bertz CT molecular complexity index is 1320. The molecule has 3 aromatic carbocycles. The minimum absolute atomic E-state index is 0.0513. The highest BCUT2D eigenvalue weighted by Gasteiger charge is 2.35. The van der Waals surface area contributed by atoms with Gasteiger partial charge in [0, 0.05) is 35.5 Å². The molecule has 1 atom stereocenters. The van der Waals surface area contributed by atoms with Gasteiger partial charge in [0.2, 0.25) is 17.6 Å². The van der Waals surface area contributed by atoms with Crippen LogP contribution in [0.4, 0.5) is 11.4 Å². The minimum atomic E-state index is -0.419. The minimum Gasteiger partial charge on any atom is -0.334 e. The second-order valence-electron chi connectivity index (χ2n) is 8.10. The average molecular weight is 438 g/mol. The molecule has 2 amide bonds. The number of anilines is 2. The molecule has 0 bridgehead atoms. The van der Waals surface area contributed by atoms with Crippen molar-refractivity contribution >= 4 is 23.2 Å². The number of hydrogen-bond acceptors (Lipinski definition) is 5. The Morgan fingerprint density at radius 1 is 1.00 bits per heavy atom. The number of rotatable bonds is 5. The molecule has 0 aliphatic carbocycles. The molecule has 1 aliphatic rings. The number of hydrogen-bond donors (Lipinski definition) is 1. The molecule has 1 saturated heterocycles. The average Bonchev–Trinajstić information content (AvgIpc) is 3.47. The number of amides is 2. The van der Waals surface area contributed by atoms with E-state index in [1.54, 1.807) is 17.0 Å². The first-order valence-electron chi connectivity index (χ1n) is 10.7. The smallest absolute Gasteiger partial charge is 0.258 e. The number of para-hydroxylation sites is 1. The summed E-state index contributed by atoms with van der Waals surface area (Å²) in [6.07, 6.45) is 0.184. The molecular formula is C26H22N4O3. The van der Waals surface area contributed by atoms with Gasteiger partial charge in [0.05, 0.1) is 5.92 Å². The molecule has 1 fully saturated rings. The predicted octanol–water partition coefficient (Wildman–Crippen LogP) is 4.70. The van der Waals surface area contributed by atoms with Crippen molar-refractivity contribution < 1.29 is 14.1 Å². The van der Waals surface area contributed by atoms with Crippen LogP contribution in [0.15, 0.2) is 83.4 Å². The first-order chi connectivity index (χ1) is 16.1. The molecule has 7 heteroatoms. The van der Waals surface area contributed by atoms with Crippen LogP contribution in [0.2, 0.25) is 0 Å². The Morgan fingerprint density at radius 3 is 2.61 bits per heavy atom. The van der Waals surface area contributed by atoms with Gasteiger partial charge in [-0.1, -0.05) is 53.2 Å². The number of aryl methyl sites for hydroxylation is 1. The van der Waals surface area contributed by atoms with Crippen LogP contribution in [-0.2, 0) is 9.59 Å². The lowest BCUT2D eigenvalue weighted by Crippen LogP contribution is -2.28. The Balaban J connectivity index is 1.29. The second-order valence-corrected chi connectivity index (χ2v) is 8.10. The van der Waals surface area contributed by atoms with Crippen molar-refractivity contribution in [3.05, 3.63) is 84.4 Å². The maximum atomic E-state index is 12.9. The van der Waals surface area contributed by atoms with Crippen molar-refractivity contribution in [2.24, 2.45) is 5.92 Å². The fourth-order valence-electron chi connectivity index (χ4n) is 3.96. The van der Waals surface area contributed by atoms with E-state index in [9.17, 15) is 9.59 Å². The third-order valence-electron chi connectivity index (χ3n) is 5.64. The number of carbonyl (C=O) groups is 2. The van der Waals surface area contributed by atoms with E-state index in [0.717, 1.165) is 16.8 Å². The first kappa shape index (κ1) is 20.6.